The molecule has 96 valence electrons. The molecule has 0 saturated carbocycles. The Bertz CT molecular complexity index is 199. The Hall–Kier alpha value is -0.570. The van der Waals surface area contributed by atoms with E-state index in [2.05, 4.69) is 20.8 Å². The highest BCUT2D eigenvalue weighted by Crippen LogP contribution is 2.28. The summed E-state index contributed by atoms with van der Waals surface area (Å²) in [6.07, 6.45) is 3.37. The molecule has 0 radical (unpaired) electrons. The zero-order valence-corrected chi connectivity index (χ0v) is 11.1. The molecular formula is C13H26O3. The van der Waals surface area contributed by atoms with Gasteiger partial charge in [-0.25, -0.2) is 0 Å². The predicted octanol–water partition coefficient (Wildman–Crippen LogP) is 2.76. The van der Waals surface area contributed by atoms with Crippen molar-refractivity contribution < 1.29 is 14.6 Å². The maximum atomic E-state index is 11.3. The Morgan fingerprint density at radius 3 is 2.44 bits per heavy atom. The molecule has 16 heavy (non-hydrogen) atoms. The van der Waals surface area contributed by atoms with Crippen LogP contribution in [0, 0.1) is 11.3 Å². The predicted molar refractivity (Wildman–Crippen MR) is 65.1 cm³/mol. The summed E-state index contributed by atoms with van der Waals surface area (Å²) in [5.41, 5.74) is 0.294. The Morgan fingerprint density at radius 1 is 1.38 bits per heavy atom. The zero-order valence-electron chi connectivity index (χ0n) is 11.1. The topological polar surface area (TPSA) is 46.5 Å². The second kappa shape index (κ2) is 7.66. The van der Waals surface area contributed by atoms with Gasteiger partial charge >= 0.3 is 5.97 Å². The summed E-state index contributed by atoms with van der Waals surface area (Å²) in [4.78, 5) is 11.3. The molecular weight excluding hydrogens is 204 g/mol. The first kappa shape index (κ1) is 15.4. The van der Waals surface area contributed by atoms with Gasteiger partial charge in [0.25, 0.3) is 0 Å². The van der Waals surface area contributed by atoms with E-state index in [0.717, 1.165) is 19.3 Å². The molecule has 3 nitrogen and oxygen atoms in total. The number of carbonyl (C=O) groups excluding carboxylic acids is 1. The number of aliphatic hydroxyl groups excluding tert-OH is 1. The zero-order chi connectivity index (χ0) is 12.6. The minimum Gasteiger partial charge on any atom is -0.466 e. The molecule has 0 aromatic carbocycles. The normalized spacial score (nSPS) is 13.6. The van der Waals surface area contributed by atoms with E-state index in [1.165, 1.54) is 0 Å². The molecule has 0 rings (SSSR count). The van der Waals surface area contributed by atoms with Crippen molar-refractivity contribution in [3.8, 4) is 0 Å². The summed E-state index contributed by atoms with van der Waals surface area (Å²) in [6.45, 7) is 8.87. The van der Waals surface area contributed by atoms with Crippen molar-refractivity contribution >= 4 is 5.97 Å². The minimum absolute atomic E-state index is 0.0462. The SMILES string of the molecule is CCOC(=O)C[C@@H](CO)CCC(C)(C)CC. The molecule has 0 aliphatic heterocycles. The molecule has 0 aliphatic rings. The van der Waals surface area contributed by atoms with Gasteiger partial charge in [0.05, 0.1) is 13.0 Å². The molecule has 1 N–H and O–H groups in total. The highest BCUT2D eigenvalue weighted by molar-refractivity contribution is 5.69. The molecule has 0 amide bonds. The molecule has 3 heteroatoms. The van der Waals surface area contributed by atoms with Crippen LogP contribution in [0.1, 0.15) is 53.4 Å². The second-order valence-electron chi connectivity index (χ2n) is 5.11. The van der Waals surface area contributed by atoms with E-state index < -0.39 is 0 Å². The van der Waals surface area contributed by atoms with E-state index in [4.69, 9.17) is 4.74 Å². The van der Waals surface area contributed by atoms with Crippen LogP contribution in [0.5, 0.6) is 0 Å². The molecule has 0 aliphatic carbocycles. The molecule has 0 bridgehead atoms. The smallest absolute Gasteiger partial charge is 0.306 e. The van der Waals surface area contributed by atoms with E-state index in [-0.39, 0.29) is 18.5 Å². The Morgan fingerprint density at radius 2 is 2.00 bits per heavy atom. The number of aliphatic hydroxyl groups is 1. The molecule has 0 spiro atoms. The van der Waals surface area contributed by atoms with Gasteiger partial charge in [0.2, 0.25) is 0 Å². The average Bonchev–Trinajstić information content (AvgIpc) is 2.24. The lowest BCUT2D eigenvalue weighted by Gasteiger charge is -2.24. The van der Waals surface area contributed by atoms with Gasteiger partial charge in [-0.05, 0) is 31.1 Å². The van der Waals surface area contributed by atoms with E-state index in [1.54, 1.807) is 6.92 Å². The summed E-state index contributed by atoms with van der Waals surface area (Å²) < 4.78 is 4.88. The van der Waals surface area contributed by atoms with Crippen molar-refractivity contribution in [1.29, 1.82) is 0 Å². The lowest BCUT2D eigenvalue weighted by molar-refractivity contribution is -0.144. The van der Waals surface area contributed by atoms with Gasteiger partial charge in [-0.1, -0.05) is 27.2 Å². The number of ether oxygens (including phenoxy) is 1. The van der Waals surface area contributed by atoms with Gasteiger partial charge in [0.15, 0.2) is 0 Å². The minimum atomic E-state index is -0.198. The maximum absolute atomic E-state index is 11.3. The van der Waals surface area contributed by atoms with Crippen molar-refractivity contribution in [2.75, 3.05) is 13.2 Å². The van der Waals surface area contributed by atoms with E-state index in [0.29, 0.717) is 18.4 Å². The number of rotatable bonds is 8. The average molecular weight is 230 g/mol. The van der Waals surface area contributed by atoms with Gasteiger partial charge in [-0.2, -0.15) is 0 Å². The van der Waals surface area contributed by atoms with Gasteiger partial charge in [0.1, 0.15) is 0 Å². The Kier molecular flexibility index (Phi) is 7.39. The van der Waals surface area contributed by atoms with Crippen molar-refractivity contribution in [2.45, 2.75) is 53.4 Å². The fourth-order valence-corrected chi connectivity index (χ4v) is 1.49. The number of esters is 1. The van der Waals surface area contributed by atoms with Crippen LogP contribution in [0.15, 0.2) is 0 Å². The van der Waals surface area contributed by atoms with E-state index in [9.17, 15) is 9.90 Å². The van der Waals surface area contributed by atoms with Gasteiger partial charge in [0, 0.05) is 6.61 Å². The molecule has 0 aromatic heterocycles. The van der Waals surface area contributed by atoms with Gasteiger partial charge in [-0.15, -0.1) is 0 Å². The maximum Gasteiger partial charge on any atom is 0.306 e. The van der Waals surface area contributed by atoms with Crippen LogP contribution in [0.4, 0.5) is 0 Å². The van der Waals surface area contributed by atoms with Crippen molar-refractivity contribution in [3.63, 3.8) is 0 Å². The standard InChI is InChI=1S/C13H26O3/c1-5-13(3,4)8-7-11(10-14)9-12(15)16-6-2/h11,14H,5-10H2,1-4H3/t11-/m0/s1. The fourth-order valence-electron chi connectivity index (χ4n) is 1.49. The first-order valence-corrected chi connectivity index (χ1v) is 6.21. The van der Waals surface area contributed by atoms with E-state index in [1.807, 2.05) is 0 Å². The highest BCUT2D eigenvalue weighted by atomic mass is 16.5. The summed E-state index contributed by atoms with van der Waals surface area (Å²) in [6, 6.07) is 0. The van der Waals surface area contributed by atoms with Gasteiger partial charge < -0.3 is 9.84 Å². The monoisotopic (exact) mass is 230 g/mol. The van der Waals surface area contributed by atoms with Crippen LogP contribution >= 0.6 is 0 Å². The summed E-state index contributed by atoms with van der Waals surface area (Å²) >= 11 is 0. The first-order valence-electron chi connectivity index (χ1n) is 6.21. The summed E-state index contributed by atoms with van der Waals surface area (Å²) in [7, 11) is 0. The molecule has 0 unspecified atom stereocenters. The largest absolute Gasteiger partial charge is 0.466 e. The van der Waals surface area contributed by atoms with Crippen molar-refractivity contribution in [2.24, 2.45) is 11.3 Å². The number of hydrogen-bond acceptors (Lipinski definition) is 3. The van der Waals surface area contributed by atoms with Crippen LogP contribution in [0.3, 0.4) is 0 Å². The quantitative estimate of drug-likeness (QED) is 0.652. The highest BCUT2D eigenvalue weighted by Gasteiger charge is 2.20. The van der Waals surface area contributed by atoms with Crippen LogP contribution < -0.4 is 0 Å². The second-order valence-corrected chi connectivity index (χ2v) is 5.11. The Balaban J connectivity index is 3.96. The van der Waals surface area contributed by atoms with Crippen LogP contribution in [0.2, 0.25) is 0 Å². The van der Waals surface area contributed by atoms with Crippen LogP contribution in [0.25, 0.3) is 0 Å². The van der Waals surface area contributed by atoms with Crippen molar-refractivity contribution in [1.82, 2.24) is 0 Å². The third-order valence-electron chi connectivity index (χ3n) is 3.21. The van der Waals surface area contributed by atoms with Crippen LogP contribution in [-0.2, 0) is 9.53 Å². The number of carbonyl (C=O) groups is 1. The molecule has 0 saturated heterocycles. The third kappa shape index (κ3) is 6.83. The third-order valence-corrected chi connectivity index (χ3v) is 3.21. The lowest BCUT2D eigenvalue weighted by atomic mass is 9.82. The lowest BCUT2D eigenvalue weighted by Crippen LogP contribution is -2.18. The molecule has 0 aromatic rings. The van der Waals surface area contributed by atoms with E-state index >= 15 is 0 Å². The first-order chi connectivity index (χ1) is 7.45. The van der Waals surface area contributed by atoms with Crippen molar-refractivity contribution in [3.05, 3.63) is 0 Å². The fraction of sp³-hybridized carbons (Fsp3) is 0.923. The summed E-state index contributed by atoms with van der Waals surface area (Å²) in [5, 5.41) is 9.20. The molecule has 0 fully saturated rings. The summed E-state index contributed by atoms with van der Waals surface area (Å²) in [5.74, 6) is -0.152. The molecule has 0 heterocycles. The molecule has 1 atom stereocenters. The van der Waals surface area contributed by atoms with Crippen LogP contribution in [-0.4, -0.2) is 24.3 Å². The number of hydrogen-bond donors (Lipinski definition) is 1. The Labute approximate surface area is 99.2 Å². The van der Waals surface area contributed by atoms with Gasteiger partial charge in [-0.3, -0.25) is 4.79 Å².